The van der Waals surface area contributed by atoms with Crippen LogP contribution in [0.5, 0.6) is 0 Å². The van der Waals surface area contributed by atoms with Gasteiger partial charge in [0, 0.05) is 42.0 Å². The van der Waals surface area contributed by atoms with Crippen LogP contribution >= 0.6 is 11.6 Å². The molecule has 0 amide bonds. The number of alkyl halides is 1. The first-order chi connectivity index (χ1) is 16.5. The number of fused-ring (bicyclic) bond motifs is 1. The molecule has 3 aliphatic rings. The summed E-state index contributed by atoms with van der Waals surface area (Å²) in [7, 11) is 1.95. The van der Waals surface area contributed by atoms with Crippen molar-refractivity contribution in [1.82, 2.24) is 24.6 Å². The van der Waals surface area contributed by atoms with Crippen LogP contribution in [-0.4, -0.2) is 74.4 Å². The van der Waals surface area contributed by atoms with Crippen LogP contribution in [0.4, 0.5) is 16.0 Å². The van der Waals surface area contributed by atoms with Crippen molar-refractivity contribution in [1.29, 1.82) is 0 Å². The standard InChI is InChI=1S/C24H28ClFN6O2/c1-31-23(13-2-3-13)20(9-28-31)30-24-27-8-14-6-17(25)16(7-19(14)29-24)15-4-5-32(10-18(15)26)21-11-34-12-22(21)33/h6-9,13,15,18,21-22,33H,2-5,10-12H2,1H3,(H,27,29,30). The van der Waals surface area contributed by atoms with Gasteiger partial charge >= 0.3 is 0 Å². The minimum Gasteiger partial charge on any atom is -0.389 e. The molecule has 0 spiro atoms. The lowest BCUT2D eigenvalue weighted by molar-refractivity contribution is 0.0353. The second-order valence-corrected chi connectivity index (χ2v) is 10.1. The third-order valence-corrected chi connectivity index (χ3v) is 7.68. The molecule has 2 saturated heterocycles. The summed E-state index contributed by atoms with van der Waals surface area (Å²) in [6, 6.07) is 3.58. The number of nitrogens with one attached hydrogen (secondary N) is 1. The lowest BCUT2D eigenvalue weighted by Crippen LogP contribution is -2.50. The van der Waals surface area contributed by atoms with Gasteiger partial charge in [-0.2, -0.15) is 5.10 Å². The van der Waals surface area contributed by atoms with E-state index in [1.165, 1.54) is 18.5 Å². The fourth-order valence-corrected chi connectivity index (χ4v) is 5.69. The van der Waals surface area contributed by atoms with Gasteiger partial charge in [-0.1, -0.05) is 11.6 Å². The number of aromatic nitrogens is 4. The number of ether oxygens (including phenoxy) is 1. The van der Waals surface area contributed by atoms with E-state index in [4.69, 9.17) is 21.3 Å². The number of piperidine rings is 1. The molecule has 0 bridgehead atoms. The molecule has 2 N–H and O–H groups in total. The van der Waals surface area contributed by atoms with Crippen molar-refractivity contribution < 1.29 is 14.2 Å². The van der Waals surface area contributed by atoms with Gasteiger partial charge < -0.3 is 15.2 Å². The lowest BCUT2D eigenvalue weighted by Gasteiger charge is -2.39. The van der Waals surface area contributed by atoms with Crippen molar-refractivity contribution in [3.8, 4) is 0 Å². The Bertz CT molecular complexity index is 1220. The zero-order chi connectivity index (χ0) is 23.4. The molecule has 1 saturated carbocycles. The first-order valence-electron chi connectivity index (χ1n) is 11.9. The van der Waals surface area contributed by atoms with E-state index in [2.05, 4.69) is 15.4 Å². The first-order valence-corrected chi connectivity index (χ1v) is 12.2. The Morgan fingerprint density at radius 3 is 2.79 bits per heavy atom. The Labute approximate surface area is 202 Å². The molecule has 4 unspecified atom stereocenters. The second-order valence-electron chi connectivity index (χ2n) is 9.67. The van der Waals surface area contributed by atoms with Crippen LogP contribution in [0.3, 0.4) is 0 Å². The molecule has 0 radical (unpaired) electrons. The minimum absolute atomic E-state index is 0.138. The number of anilines is 2. The molecule has 34 heavy (non-hydrogen) atoms. The number of benzene rings is 1. The summed E-state index contributed by atoms with van der Waals surface area (Å²) in [6.45, 7) is 1.70. The van der Waals surface area contributed by atoms with Crippen molar-refractivity contribution in [2.24, 2.45) is 7.05 Å². The zero-order valence-electron chi connectivity index (χ0n) is 19.0. The Morgan fingerprint density at radius 1 is 1.21 bits per heavy atom. The molecule has 8 nitrogen and oxygen atoms in total. The average Bonchev–Trinajstić information content (AvgIpc) is 3.45. The molecular formula is C24H28ClFN6O2. The van der Waals surface area contributed by atoms with E-state index >= 15 is 4.39 Å². The maximum atomic E-state index is 15.4. The van der Waals surface area contributed by atoms with Gasteiger partial charge in [0.15, 0.2) is 0 Å². The zero-order valence-corrected chi connectivity index (χ0v) is 19.7. The summed E-state index contributed by atoms with van der Waals surface area (Å²) >= 11 is 6.60. The monoisotopic (exact) mass is 486 g/mol. The Hall–Kier alpha value is -2.33. The molecule has 6 rings (SSSR count). The normalized spacial score (nSPS) is 28.0. The number of halogens is 2. The summed E-state index contributed by atoms with van der Waals surface area (Å²) in [5, 5.41) is 19.2. The van der Waals surface area contributed by atoms with Crippen LogP contribution in [0.2, 0.25) is 5.02 Å². The summed E-state index contributed by atoms with van der Waals surface area (Å²) in [5.74, 6) is 0.696. The highest BCUT2D eigenvalue weighted by atomic mass is 35.5. The van der Waals surface area contributed by atoms with Crippen LogP contribution in [0.1, 0.15) is 42.4 Å². The predicted octanol–water partition coefficient (Wildman–Crippen LogP) is 3.52. The quantitative estimate of drug-likeness (QED) is 0.570. The van der Waals surface area contributed by atoms with E-state index in [9.17, 15) is 5.11 Å². The first kappa shape index (κ1) is 22.2. The summed E-state index contributed by atoms with van der Waals surface area (Å²) < 4.78 is 22.6. The number of hydrogen-bond donors (Lipinski definition) is 2. The van der Waals surface area contributed by atoms with Crippen molar-refractivity contribution in [3.05, 3.63) is 40.8 Å². The van der Waals surface area contributed by atoms with Crippen molar-refractivity contribution in [3.63, 3.8) is 0 Å². The fraction of sp³-hybridized carbons (Fsp3) is 0.542. The lowest BCUT2D eigenvalue weighted by atomic mass is 9.86. The predicted molar refractivity (Wildman–Crippen MR) is 127 cm³/mol. The summed E-state index contributed by atoms with van der Waals surface area (Å²) in [6.07, 6.45) is 4.86. The van der Waals surface area contributed by atoms with Crippen LogP contribution in [0.15, 0.2) is 24.5 Å². The molecule has 1 aromatic carbocycles. The molecule has 4 heterocycles. The van der Waals surface area contributed by atoms with E-state index in [1.807, 2.05) is 35.0 Å². The summed E-state index contributed by atoms with van der Waals surface area (Å²) in [5.41, 5.74) is 3.59. The van der Waals surface area contributed by atoms with E-state index < -0.39 is 12.3 Å². The topological polar surface area (TPSA) is 88.3 Å². The van der Waals surface area contributed by atoms with Crippen LogP contribution < -0.4 is 5.32 Å². The number of likely N-dealkylation sites (tertiary alicyclic amines) is 1. The highest BCUT2D eigenvalue weighted by Crippen LogP contribution is 2.43. The Morgan fingerprint density at radius 2 is 2.06 bits per heavy atom. The van der Waals surface area contributed by atoms with Gasteiger partial charge in [0.25, 0.3) is 0 Å². The van der Waals surface area contributed by atoms with Gasteiger partial charge in [0.1, 0.15) is 6.17 Å². The number of aliphatic hydroxyl groups excluding tert-OH is 1. The maximum Gasteiger partial charge on any atom is 0.227 e. The fourth-order valence-electron chi connectivity index (χ4n) is 5.38. The number of hydrogen-bond acceptors (Lipinski definition) is 7. The van der Waals surface area contributed by atoms with E-state index in [-0.39, 0.29) is 18.5 Å². The molecule has 1 aliphatic carbocycles. The van der Waals surface area contributed by atoms with Gasteiger partial charge in [-0.05, 0) is 43.5 Å². The highest BCUT2D eigenvalue weighted by Gasteiger charge is 2.39. The largest absolute Gasteiger partial charge is 0.389 e. The van der Waals surface area contributed by atoms with Crippen LogP contribution in [-0.2, 0) is 11.8 Å². The van der Waals surface area contributed by atoms with E-state index in [0.29, 0.717) is 43.1 Å². The summed E-state index contributed by atoms with van der Waals surface area (Å²) in [4.78, 5) is 11.2. The Kier molecular flexibility index (Phi) is 5.68. The molecule has 3 aromatic rings. The van der Waals surface area contributed by atoms with Crippen molar-refractivity contribution in [2.45, 2.75) is 49.4 Å². The van der Waals surface area contributed by atoms with Crippen molar-refractivity contribution in [2.75, 3.05) is 31.6 Å². The molecular weight excluding hydrogens is 459 g/mol. The molecule has 180 valence electrons. The SMILES string of the molecule is Cn1ncc(Nc2ncc3cc(Cl)c(C4CCN(C5COCC5O)CC4F)cc3n2)c1C1CC1. The van der Waals surface area contributed by atoms with Gasteiger partial charge in [-0.25, -0.2) is 14.4 Å². The Balaban J connectivity index is 1.24. The molecule has 4 atom stereocenters. The molecule has 2 aliphatic heterocycles. The highest BCUT2D eigenvalue weighted by molar-refractivity contribution is 6.32. The third-order valence-electron chi connectivity index (χ3n) is 7.36. The van der Waals surface area contributed by atoms with Gasteiger partial charge in [0.2, 0.25) is 5.95 Å². The van der Waals surface area contributed by atoms with E-state index in [0.717, 1.165) is 22.2 Å². The number of aryl methyl sites for hydroxylation is 1. The van der Waals surface area contributed by atoms with Gasteiger partial charge in [0.05, 0.1) is 48.5 Å². The average molecular weight is 487 g/mol. The number of aliphatic hydroxyl groups is 1. The smallest absolute Gasteiger partial charge is 0.227 e. The van der Waals surface area contributed by atoms with Crippen LogP contribution in [0, 0.1) is 0 Å². The maximum absolute atomic E-state index is 15.4. The third kappa shape index (κ3) is 4.04. The van der Waals surface area contributed by atoms with Crippen molar-refractivity contribution >= 4 is 34.1 Å². The minimum atomic E-state index is -1.09. The van der Waals surface area contributed by atoms with Crippen LogP contribution in [0.25, 0.3) is 10.9 Å². The molecule has 3 fully saturated rings. The molecule has 10 heteroatoms. The van der Waals surface area contributed by atoms with E-state index in [1.54, 1.807) is 6.20 Å². The molecule has 2 aromatic heterocycles. The van der Waals surface area contributed by atoms with Gasteiger partial charge in [-0.15, -0.1) is 0 Å². The number of rotatable bonds is 5. The van der Waals surface area contributed by atoms with Gasteiger partial charge in [-0.3, -0.25) is 9.58 Å². The number of nitrogens with zero attached hydrogens (tertiary/aromatic N) is 5. The second kappa shape index (κ2) is 8.71.